The number of halogens is 2. The molecule has 0 bridgehead atoms. The normalized spacial score (nSPS) is 11.0. The lowest BCUT2D eigenvalue weighted by atomic mass is 10.4. The molecule has 1 N–H and O–H groups in total. The lowest BCUT2D eigenvalue weighted by Crippen LogP contribution is -2.14. The predicted octanol–water partition coefficient (Wildman–Crippen LogP) is 1.88. The maximum atomic E-state index is 12.9. The van der Waals surface area contributed by atoms with Gasteiger partial charge in [-0.25, -0.2) is 13.8 Å². The highest BCUT2D eigenvalue weighted by molar-refractivity contribution is 5.42. The molecule has 9 heteroatoms. The molecule has 0 unspecified atom stereocenters. The number of anilines is 1. The largest absolute Gasteiger partial charge is 0.481 e. The summed E-state index contributed by atoms with van der Waals surface area (Å²) in [6, 6.07) is 3.47. The lowest BCUT2D eigenvalue weighted by molar-refractivity contribution is 0.128. The molecule has 2 rings (SSSR count). The molecular weight excluding hydrogens is 296 g/mol. The Hall–Kier alpha value is -2.29. The highest BCUT2D eigenvalue weighted by Gasteiger charge is 2.19. The smallest absolute Gasteiger partial charge is 0.297 e. The van der Waals surface area contributed by atoms with Gasteiger partial charge < -0.3 is 19.4 Å². The van der Waals surface area contributed by atoms with Crippen LogP contribution in [0.4, 0.5) is 14.5 Å². The van der Waals surface area contributed by atoms with Crippen molar-refractivity contribution in [1.82, 2.24) is 19.7 Å². The fourth-order valence-electron chi connectivity index (χ4n) is 1.85. The van der Waals surface area contributed by atoms with Crippen LogP contribution in [-0.2, 0) is 17.8 Å². The number of methoxy groups -OCH3 is 2. The molecule has 120 valence electrons. The summed E-state index contributed by atoms with van der Waals surface area (Å²) in [7, 11) is 3.03. The van der Waals surface area contributed by atoms with Crippen LogP contribution in [0, 0.1) is 0 Å². The summed E-state index contributed by atoms with van der Waals surface area (Å²) < 4.78 is 37.1. The Bertz CT molecular complexity index is 589. The fraction of sp³-hybridized carbons (Fsp3) is 0.462. The molecule has 0 aromatic carbocycles. The second kappa shape index (κ2) is 7.64. The molecule has 0 fully saturated rings. The Balaban J connectivity index is 2.07. The zero-order valence-corrected chi connectivity index (χ0v) is 12.3. The van der Waals surface area contributed by atoms with Gasteiger partial charge in [0.05, 0.1) is 32.1 Å². The van der Waals surface area contributed by atoms with E-state index < -0.39 is 6.43 Å². The second-order valence-electron chi connectivity index (χ2n) is 4.36. The number of ether oxygens (including phenoxy) is 2. The van der Waals surface area contributed by atoms with Crippen molar-refractivity contribution in [2.75, 3.05) is 26.1 Å². The second-order valence-corrected chi connectivity index (χ2v) is 4.36. The van der Waals surface area contributed by atoms with E-state index in [4.69, 9.17) is 9.47 Å². The first-order valence-corrected chi connectivity index (χ1v) is 6.58. The van der Waals surface area contributed by atoms with Gasteiger partial charge in [-0.2, -0.15) is 0 Å². The van der Waals surface area contributed by atoms with Crippen molar-refractivity contribution in [3.8, 4) is 5.88 Å². The first-order chi connectivity index (χ1) is 10.7. The van der Waals surface area contributed by atoms with Gasteiger partial charge in [-0.05, 0) is 6.07 Å². The zero-order valence-electron chi connectivity index (χ0n) is 12.3. The van der Waals surface area contributed by atoms with Crippen molar-refractivity contribution in [3.05, 3.63) is 30.0 Å². The number of alkyl halides is 2. The van der Waals surface area contributed by atoms with Crippen LogP contribution in [0.2, 0.25) is 0 Å². The standard InChI is InChI=1S/C13H17F2N5O2/c1-21-6-5-20-10(18-19-13(20)12(14)15)8-16-9-3-4-11(22-2)17-7-9/h3-4,7,12,16H,5-6,8H2,1-2H3. The van der Waals surface area contributed by atoms with Crippen molar-refractivity contribution >= 4 is 5.69 Å². The highest BCUT2D eigenvalue weighted by Crippen LogP contribution is 2.18. The van der Waals surface area contributed by atoms with Crippen LogP contribution in [0.1, 0.15) is 18.1 Å². The first-order valence-electron chi connectivity index (χ1n) is 6.58. The number of nitrogens with zero attached hydrogens (tertiary/aromatic N) is 4. The maximum Gasteiger partial charge on any atom is 0.297 e. The van der Waals surface area contributed by atoms with E-state index >= 15 is 0 Å². The van der Waals surface area contributed by atoms with Crippen LogP contribution in [0.15, 0.2) is 18.3 Å². The van der Waals surface area contributed by atoms with Crippen LogP contribution in [0.5, 0.6) is 5.88 Å². The highest BCUT2D eigenvalue weighted by atomic mass is 19.3. The summed E-state index contributed by atoms with van der Waals surface area (Å²) in [5.74, 6) is 0.540. The third-order valence-corrected chi connectivity index (χ3v) is 2.97. The van der Waals surface area contributed by atoms with Crippen molar-refractivity contribution in [1.29, 1.82) is 0 Å². The molecule has 0 saturated heterocycles. The van der Waals surface area contributed by atoms with Crippen LogP contribution in [-0.4, -0.2) is 40.6 Å². The summed E-state index contributed by atoms with van der Waals surface area (Å²) in [5, 5.41) is 10.4. The molecule has 2 heterocycles. The van der Waals surface area contributed by atoms with Crippen molar-refractivity contribution < 1.29 is 18.3 Å². The Morgan fingerprint density at radius 3 is 2.68 bits per heavy atom. The molecular formula is C13H17F2N5O2. The topological polar surface area (TPSA) is 74.1 Å². The van der Waals surface area contributed by atoms with E-state index in [1.54, 1.807) is 18.3 Å². The Morgan fingerprint density at radius 2 is 2.09 bits per heavy atom. The van der Waals surface area contributed by atoms with E-state index in [1.807, 2.05) is 0 Å². The maximum absolute atomic E-state index is 12.9. The van der Waals surface area contributed by atoms with E-state index in [-0.39, 0.29) is 18.9 Å². The zero-order chi connectivity index (χ0) is 15.9. The van der Waals surface area contributed by atoms with E-state index in [2.05, 4.69) is 20.5 Å². The van der Waals surface area contributed by atoms with Crippen molar-refractivity contribution in [2.45, 2.75) is 19.5 Å². The quantitative estimate of drug-likeness (QED) is 0.802. The van der Waals surface area contributed by atoms with Crippen molar-refractivity contribution in [2.24, 2.45) is 0 Å². The molecule has 0 radical (unpaired) electrons. The van der Waals surface area contributed by atoms with Gasteiger partial charge >= 0.3 is 0 Å². The number of nitrogens with one attached hydrogen (secondary N) is 1. The van der Waals surface area contributed by atoms with Gasteiger partial charge in [0.2, 0.25) is 5.88 Å². The van der Waals surface area contributed by atoms with Gasteiger partial charge in [0.1, 0.15) is 0 Å². The minimum atomic E-state index is -2.68. The summed E-state index contributed by atoms with van der Waals surface area (Å²) in [5.41, 5.74) is 0.723. The number of hydrogen-bond acceptors (Lipinski definition) is 6. The SMILES string of the molecule is COCCn1c(CNc2ccc(OC)nc2)nnc1C(F)F. The molecule has 0 atom stereocenters. The molecule has 0 saturated carbocycles. The predicted molar refractivity (Wildman–Crippen MR) is 75.0 cm³/mol. The van der Waals surface area contributed by atoms with Crippen LogP contribution < -0.4 is 10.1 Å². The summed E-state index contributed by atoms with van der Waals surface area (Å²) in [4.78, 5) is 4.05. The molecule has 0 spiro atoms. The van der Waals surface area contributed by atoms with Gasteiger partial charge in [0.15, 0.2) is 11.6 Å². The molecule has 22 heavy (non-hydrogen) atoms. The first kappa shape index (κ1) is 16.1. The summed E-state index contributed by atoms with van der Waals surface area (Å²) in [6.45, 7) is 0.813. The minimum Gasteiger partial charge on any atom is -0.481 e. The lowest BCUT2D eigenvalue weighted by Gasteiger charge is -2.10. The van der Waals surface area contributed by atoms with Crippen LogP contribution in [0.25, 0.3) is 0 Å². The van der Waals surface area contributed by atoms with Gasteiger partial charge in [0, 0.05) is 19.7 Å². The Labute approximate surface area is 126 Å². The molecule has 0 amide bonds. The Morgan fingerprint density at radius 1 is 1.27 bits per heavy atom. The average molecular weight is 313 g/mol. The molecule has 0 aliphatic carbocycles. The fourth-order valence-corrected chi connectivity index (χ4v) is 1.85. The molecule has 2 aromatic rings. The molecule has 2 aromatic heterocycles. The average Bonchev–Trinajstić information content (AvgIpc) is 2.94. The van der Waals surface area contributed by atoms with Gasteiger partial charge in [-0.1, -0.05) is 0 Å². The molecule has 7 nitrogen and oxygen atoms in total. The monoisotopic (exact) mass is 313 g/mol. The van der Waals surface area contributed by atoms with E-state index in [0.717, 1.165) is 5.69 Å². The van der Waals surface area contributed by atoms with Gasteiger partial charge in [-0.15, -0.1) is 10.2 Å². The van der Waals surface area contributed by atoms with Crippen LogP contribution in [0.3, 0.4) is 0 Å². The van der Waals surface area contributed by atoms with Crippen LogP contribution >= 0.6 is 0 Å². The minimum absolute atomic E-state index is 0.247. The summed E-state index contributed by atoms with van der Waals surface area (Å²) in [6.07, 6.45) is -1.09. The van der Waals surface area contributed by atoms with Gasteiger partial charge in [0.25, 0.3) is 6.43 Å². The third kappa shape index (κ3) is 3.88. The molecule has 0 aliphatic rings. The summed E-state index contributed by atoms with van der Waals surface area (Å²) >= 11 is 0. The number of aromatic nitrogens is 4. The number of pyridine rings is 1. The van der Waals surface area contributed by atoms with Gasteiger partial charge in [-0.3, -0.25) is 0 Å². The van der Waals surface area contributed by atoms with E-state index in [0.29, 0.717) is 18.3 Å². The van der Waals surface area contributed by atoms with E-state index in [1.165, 1.54) is 18.8 Å². The van der Waals surface area contributed by atoms with Crippen molar-refractivity contribution in [3.63, 3.8) is 0 Å². The third-order valence-electron chi connectivity index (χ3n) is 2.97. The number of hydrogen-bond donors (Lipinski definition) is 1. The van der Waals surface area contributed by atoms with E-state index in [9.17, 15) is 8.78 Å². The number of rotatable bonds is 8. The molecule has 0 aliphatic heterocycles. The Kier molecular flexibility index (Phi) is 5.59.